The number of ketones is 3. The maximum Gasteiger partial charge on any atom is 0.260 e. The summed E-state index contributed by atoms with van der Waals surface area (Å²) in [5, 5.41) is 412. The molecule has 43 atom stereocenters. The third kappa shape index (κ3) is 45.4. The Morgan fingerprint density at radius 1 is 0.317 bits per heavy atom. The molecule has 4 fully saturated rings. The third-order valence-corrected chi connectivity index (χ3v) is 25.9. The van der Waals surface area contributed by atoms with Gasteiger partial charge in [0.25, 0.3) is 11.8 Å². The van der Waals surface area contributed by atoms with Crippen LogP contribution in [0.5, 0.6) is 0 Å². The fraction of sp³-hybridized carbons (Fsp3) is 0.908. The zero-order valence-electron chi connectivity index (χ0n) is 76.0. The smallest absolute Gasteiger partial charge is 0.260 e. The first kappa shape index (κ1) is 136. The molecule has 0 aromatic heterocycles. The van der Waals surface area contributed by atoms with Crippen molar-refractivity contribution >= 4 is 88.6 Å². The zero-order valence-corrected chi connectivity index (χ0v) is 79.3. The minimum atomic E-state index is -2.13. The monoisotopic (exact) mass is 2160 g/mol. The first-order valence-electron chi connectivity index (χ1n) is 43.5. The molecule has 0 radical (unpaired) electrons. The number of oxime groups is 2. The Balaban J connectivity index is 0.00000115. The van der Waals surface area contributed by atoms with Gasteiger partial charge in [0.1, 0.15) is 232 Å². The second-order valence-electron chi connectivity index (χ2n) is 31.7. The molecule has 838 valence electrons. The van der Waals surface area contributed by atoms with Gasteiger partial charge in [-0.25, -0.2) is 0 Å². The van der Waals surface area contributed by atoms with Crippen molar-refractivity contribution in [2.75, 3.05) is 139 Å². The van der Waals surface area contributed by atoms with Gasteiger partial charge in [0, 0.05) is 60.7 Å². The number of nitrogens with zero attached hydrogens (tertiary/aromatic N) is 2. The fourth-order valence-electron chi connectivity index (χ4n) is 12.4. The lowest BCUT2D eigenvalue weighted by Gasteiger charge is -2.42. The lowest BCUT2D eigenvalue weighted by atomic mass is 9.97. The second kappa shape index (κ2) is 73.5. The Bertz CT molecular complexity index is 3220. The van der Waals surface area contributed by atoms with E-state index in [1.54, 1.807) is 0 Å². The average molecular weight is 2170 g/mol. The van der Waals surface area contributed by atoms with E-state index in [9.17, 15) is 187 Å². The molecule has 16 unspecified atom stereocenters. The van der Waals surface area contributed by atoms with E-state index in [0.29, 0.717) is 45.6 Å². The number of aliphatic hydroxyl groups excluding tert-OH is 41. The number of hydrogen-bond donors (Lipinski definition) is 45. The van der Waals surface area contributed by atoms with Gasteiger partial charge < -0.3 is 279 Å². The van der Waals surface area contributed by atoms with E-state index in [4.69, 9.17) is 105 Å². The molecule has 47 N–H and O–H groups in total. The summed E-state index contributed by atoms with van der Waals surface area (Å²) in [6.45, 7) is -9.93. The summed E-state index contributed by atoms with van der Waals surface area (Å²) in [4.78, 5) is 69.4. The van der Waals surface area contributed by atoms with Crippen LogP contribution in [0.1, 0.15) is 25.7 Å². The molecule has 0 bridgehead atoms. The zero-order chi connectivity index (χ0) is 108. The quantitative estimate of drug-likeness (QED) is 0.0116. The molecule has 4 rings (SSSR count). The number of ether oxygens (including phenoxy) is 8. The first-order chi connectivity index (χ1) is 67.0. The second-order valence-corrected chi connectivity index (χ2v) is 36.8. The van der Waals surface area contributed by atoms with Gasteiger partial charge in [-0.05, 0) is 24.3 Å². The molecule has 2 amide bonds. The summed E-state index contributed by atoms with van der Waals surface area (Å²) < 4.78 is 41.8. The van der Waals surface area contributed by atoms with Crippen molar-refractivity contribution in [2.24, 2.45) is 21.8 Å². The van der Waals surface area contributed by atoms with Crippen LogP contribution in [0.4, 0.5) is 0 Å². The van der Waals surface area contributed by atoms with Crippen LogP contribution in [0, 0.1) is 0 Å². The molecule has 0 spiro atoms. The highest BCUT2D eigenvalue weighted by molar-refractivity contribution is 8.16. The van der Waals surface area contributed by atoms with Crippen molar-refractivity contribution in [3.8, 4) is 0 Å². The van der Waals surface area contributed by atoms with Crippen LogP contribution in [0.2, 0.25) is 0 Å². The maximum absolute atomic E-state index is 12.6. The summed E-state index contributed by atoms with van der Waals surface area (Å²) in [6.07, 6.45) is -75.6. The Morgan fingerprint density at radius 2 is 0.570 bits per heavy atom. The number of hydrogen-bond acceptors (Lipinski definition) is 64. The molecule has 0 aromatic rings. The van der Waals surface area contributed by atoms with E-state index < -0.39 is 372 Å². The number of Topliss-reactive ketones (excluding diaryl/α,β-unsaturated/α-hetero) is 3. The minimum Gasteiger partial charge on any atom is -0.394 e. The van der Waals surface area contributed by atoms with E-state index in [1.807, 2.05) is 0 Å². The van der Waals surface area contributed by atoms with Gasteiger partial charge in [0.15, 0.2) is 55.7 Å². The summed E-state index contributed by atoms with van der Waals surface area (Å²) >= 11 is 5.71. The molecular formula is C76H144N6O56S4. The van der Waals surface area contributed by atoms with Gasteiger partial charge in [-0.15, -0.1) is 23.5 Å². The number of nitrogens with one attached hydrogen (secondary N) is 2. The van der Waals surface area contributed by atoms with E-state index in [2.05, 4.69) is 20.9 Å². The number of aliphatic hydroxyl groups is 41. The highest BCUT2D eigenvalue weighted by Gasteiger charge is 2.53. The van der Waals surface area contributed by atoms with E-state index >= 15 is 0 Å². The molecule has 62 nitrogen and oxygen atoms in total. The van der Waals surface area contributed by atoms with Crippen molar-refractivity contribution in [3.05, 3.63) is 0 Å². The van der Waals surface area contributed by atoms with Crippen LogP contribution in [0.15, 0.2) is 10.3 Å². The number of carbonyl (C=O) groups excluding carboxylic acids is 5. The predicted octanol–water partition coefficient (Wildman–Crippen LogP) is -26.2. The van der Waals surface area contributed by atoms with E-state index in [-0.39, 0.29) is 51.9 Å². The van der Waals surface area contributed by atoms with Gasteiger partial charge in [0.05, 0.1) is 84.1 Å². The lowest BCUT2D eigenvalue weighted by Crippen LogP contribution is -2.61. The largest absolute Gasteiger partial charge is 0.394 e. The summed E-state index contributed by atoms with van der Waals surface area (Å²) in [5.41, 5.74) is 9.94. The Hall–Kier alpha value is -3.75. The molecule has 66 heteroatoms. The summed E-state index contributed by atoms with van der Waals surface area (Å²) in [7, 11) is 0. The highest BCUT2D eigenvalue weighted by atomic mass is 32.2. The third-order valence-electron chi connectivity index (χ3n) is 21.1. The van der Waals surface area contributed by atoms with Crippen LogP contribution in [-0.4, -0.2) is 653 Å². The van der Waals surface area contributed by atoms with Crippen LogP contribution in [-0.2, 0) is 71.5 Å². The van der Waals surface area contributed by atoms with Crippen molar-refractivity contribution in [1.82, 2.24) is 10.6 Å². The minimum absolute atomic E-state index is 0.224. The summed E-state index contributed by atoms with van der Waals surface area (Å²) in [6, 6.07) is 0. The van der Waals surface area contributed by atoms with Crippen molar-refractivity contribution < 1.29 is 281 Å². The molecule has 4 heterocycles. The molecule has 4 aliphatic rings. The number of carbonyl (C=O) groups is 5. The first-order valence-corrected chi connectivity index (χ1v) is 48.2. The fourth-order valence-corrected chi connectivity index (χ4v) is 16.4. The van der Waals surface area contributed by atoms with Crippen LogP contribution < -0.4 is 22.1 Å². The molecule has 4 saturated heterocycles. The number of nitrogens with two attached hydrogens (primary N) is 2. The van der Waals surface area contributed by atoms with Crippen LogP contribution >= 0.6 is 47.0 Å². The van der Waals surface area contributed by atoms with Gasteiger partial charge >= 0.3 is 0 Å². The van der Waals surface area contributed by atoms with Crippen molar-refractivity contribution in [1.29, 1.82) is 0 Å². The van der Waals surface area contributed by atoms with Gasteiger partial charge in [-0.3, -0.25) is 24.0 Å². The maximum atomic E-state index is 12.6. The van der Waals surface area contributed by atoms with Gasteiger partial charge in [-0.2, -0.15) is 23.5 Å². The van der Waals surface area contributed by atoms with Gasteiger partial charge in [0.2, 0.25) is 0 Å². The number of amides is 2. The summed E-state index contributed by atoms with van der Waals surface area (Å²) in [5.74, 6) is -1.99. The molecular weight excluding hydrogens is 2020 g/mol. The average Bonchev–Trinajstić information content (AvgIpc) is 0.814. The highest BCUT2D eigenvalue weighted by Crippen LogP contribution is 2.31. The Morgan fingerprint density at radius 3 is 0.831 bits per heavy atom. The topological polar surface area (TPSA) is 1110 Å². The number of rotatable bonds is 66. The predicted molar refractivity (Wildman–Crippen MR) is 477 cm³/mol. The SMILES string of the molecule is NC[C@@H](O)[C@@H](O)[C@H](O)C(=O)CO.NC[C@H](O)[C@@H](O)[C@H](O)[C@H](O)CO.O=C(CCCSCSCCCC(=O)[C@@H](O)C(O)[C@H](O[C@@H]1OC(CO)[C@H](O)[C@H](O)C1O)C(O)CO)[C@@H](O)C(O)[C@H](O[C@@H]1OC(CO)[C@H](O)[C@H](O)C1O)C(O)CO.O=C(CON=C[C@@H](O)C(O)[C@H](O[C@@H]1OC(CO)[C@@H](O)[C@H](O)C1O)C(O)CO)NCCSCSCCNC(=O)CON=C[C@@H](O)C(O)[C@H](O[C@@H]1OC(CO)[C@@H](O)[C@H](O)C1O)C(O)CO. The van der Waals surface area contributed by atoms with E-state index in [0.717, 1.165) is 0 Å². The Kier molecular flexibility index (Phi) is 70.5. The van der Waals surface area contributed by atoms with Crippen LogP contribution in [0.25, 0.3) is 0 Å². The molecule has 0 aromatic carbocycles. The van der Waals surface area contributed by atoms with E-state index in [1.165, 1.54) is 47.0 Å². The lowest BCUT2D eigenvalue weighted by molar-refractivity contribution is -0.326. The number of thioether (sulfide) groups is 4. The molecule has 0 saturated carbocycles. The van der Waals surface area contributed by atoms with Crippen molar-refractivity contribution in [3.63, 3.8) is 0 Å². The standard InChI is InChI=1S/C33H60N4O24S2.C31H56O22S2.C6H15NO5.C6H13NO5/c38-7-16(44)30(60-32-28(54)26(52)24(50)18(9-40)58-32)22(48)14(42)5-36-56-11-20(46)34-1-3-62-13-63-4-2-35-21(47)12-57-37-6-15(43)23(49)31(17(45)8-39)61-33-29(55)27(53)25(51)19(10-41)59-33;32-7-14(38)28(52-30-26(48)22(44)20(42)16(9-34)50-30)24(46)18(40)12(36)3-1-5-54-11-55-6-2-4-13(37)19(41)25(47)29(15(39)8-33)53-31-27(49)23(45)21(43)17(10-35)51-31;2*7-1-3(9)5(11)6(12)4(10)2-8/h5-6,14-19,22-33,38-45,48-55H,1-4,7-13H2,(H,34,46)(H,35,47);14-35,38-49H,1-11H2;3-6,8-12H,1-2,7H2;3,5-6,8-9,11-12H,1-2,7H2/t14-,15-,16?,17?,18?,19?,22?,23?,24-,25-,26+,27+,28?,29?,30-,31-,32+,33+;14?,15?,16?,17?,18-,19-,20+,21+,22+,23+,24?,25?,26?,27?,28-,29-,30+,31+;3-,4+,5+,6+;3-,5-,6-/m1101/s1. The Labute approximate surface area is 826 Å². The van der Waals surface area contributed by atoms with Crippen LogP contribution in [0.3, 0.4) is 0 Å². The molecule has 142 heavy (non-hydrogen) atoms. The van der Waals surface area contributed by atoms with Gasteiger partial charge in [-0.1, -0.05) is 10.3 Å². The molecule has 4 aliphatic heterocycles. The van der Waals surface area contributed by atoms with Crippen molar-refractivity contribution in [2.45, 2.75) is 289 Å². The normalized spacial score (nSPS) is 29.8. The molecule has 0 aliphatic carbocycles.